The Bertz CT molecular complexity index is 988. The first-order valence-electron chi connectivity index (χ1n) is 10.2. The third kappa shape index (κ3) is 3.08. The van der Waals surface area contributed by atoms with Gasteiger partial charge in [-0.25, -0.2) is 8.78 Å². The summed E-state index contributed by atoms with van der Waals surface area (Å²) in [4.78, 5) is 1.69. The van der Waals surface area contributed by atoms with Gasteiger partial charge >= 0.3 is 0 Å². The number of ether oxygens (including phenoxy) is 1. The van der Waals surface area contributed by atoms with Crippen molar-refractivity contribution in [2.45, 2.75) is 50.3 Å². The summed E-state index contributed by atoms with van der Waals surface area (Å²) in [6, 6.07) is 7.66. The van der Waals surface area contributed by atoms with Crippen molar-refractivity contribution in [3.05, 3.63) is 40.5 Å². The number of nitrogens with zero attached hydrogens (tertiary/aromatic N) is 3. The molecule has 0 amide bonds. The van der Waals surface area contributed by atoms with Crippen molar-refractivity contribution in [3.8, 4) is 5.75 Å². The molecule has 1 fully saturated rings. The molecule has 4 heterocycles. The zero-order valence-electron chi connectivity index (χ0n) is 16.9. The Balaban J connectivity index is 1.43. The van der Waals surface area contributed by atoms with Crippen LogP contribution in [0, 0.1) is 0 Å². The molecule has 1 saturated heterocycles. The first-order chi connectivity index (χ1) is 14.3. The number of hydrogen-bond acceptors (Lipinski definition) is 6. The highest BCUT2D eigenvalue weighted by atomic mass is 35.5. The number of aromatic nitrogens is 2. The number of hydrogen-bond donors (Lipinski definition) is 2. The molecular formula is C21H24ClF2N5O. The van der Waals surface area contributed by atoms with Gasteiger partial charge in [0.05, 0.1) is 12.2 Å². The summed E-state index contributed by atoms with van der Waals surface area (Å²) in [5.41, 5.74) is 1.59. The molecule has 0 unspecified atom stereocenters. The highest BCUT2D eigenvalue weighted by Gasteiger charge is 2.55. The lowest BCUT2D eigenvalue weighted by Crippen LogP contribution is -2.57. The standard InChI is InChI=1S/C21H24ClF2N5O/c1-20(2)15-4-3-13(7-12(15)5-6-26-20)30-14-9-21(19(23)24)11-25-18-16(29(21)10-14)8-17(22)27-28-18/h3-4,7-8,14,19,26H,5-6,9-11H2,1-2H3,(H,25,28)/t14-,21-/m1/s1. The fourth-order valence-corrected chi connectivity index (χ4v) is 5.15. The molecule has 3 aliphatic heterocycles. The number of rotatable bonds is 3. The molecular weight excluding hydrogens is 412 g/mol. The lowest BCUT2D eigenvalue weighted by Gasteiger charge is -2.43. The Morgan fingerprint density at radius 1 is 1.27 bits per heavy atom. The highest BCUT2D eigenvalue weighted by Crippen LogP contribution is 2.45. The second-order valence-electron chi connectivity index (χ2n) is 8.83. The van der Waals surface area contributed by atoms with Crippen LogP contribution in [0.5, 0.6) is 5.75 Å². The van der Waals surface area contributed by atoms with Gasteiger partial charge in [-0.1, -0.05) is 17.7 Å². The van der Waals surface area contributed by atoms with Crippen LogP contribution in [0.15, 0.2) is 24.3 Å². The fourth-order valence-electron chi connectivity index (χ4n) is 5.01. The smallest absolute Gasteiger partial charge is 0.263 e. The minimum atomic E-state index is -2.55. The lowest BCUT2D eigenvalue weighted by molar-refractivity contribution is 0.0532. The molecule has 0 bridgehead atoms. The number of nitrogens with one attached hydrogen (secondary N) is 2. The van der Waals surface area contributed by atoms with Gasteiger partial charge < -0.3 is 20.3 Å². The average molecular weight is 436 g/mol. The van der Waals surface area contributed by atoms with Crippen molar-refractivity contribution in [2.24, 2.45) is 0 Å². The van der Waals surface area contributed by atoms with E-state index in [0.29, 0.717) is 18.1 Å². The molecule has 6 nitrogen and oxygen atoms in total. The Kier molecular flexibility index (Phi) is 4.56. The van der Waals surface area contributed by atoms with Crippen molar-refractivity contribution < 1.29 is 13.5 Å². The molecule has 0 saturated carbocycles. The van der Waals surface area contributed by atoms with Crippen LogP contribution in [0.3, 0.4) is 0 Å². The third-order valence-electron chi connectivity index (χ3n) is 6.52. The van der Waals surface area contributed by atoms with Crippen molar-refractivity contribution in [3.63, 3.8) is 0 Å². The molecule has 2 N–H and O–H groups in total. The van der Waals surface area contributed by atoms with Crippen molar-refractivity contribution in [1.29, 1.82) is 0 Å². The average Bonchev–Trinajstić information content (AvgIpc) is 3.07. The SMILES string of the molecule is CC1(C)NCCc2cc(O[C@H]3CN4c5cc(Cl)nnc5NC[C@@]4(C(F)F)C3)ccc21. The van der Waals surface area contributed by atoms with Gasteiger partial charge in [0.1, 0.15) is 17.4 Å². The number of halogens is 3. The molecule has 1 aromatic carbocycles. The number of anilines is 2. The van der Waals surface area contributed by atoms with Gasteiger partial charge in [-0.15, -0.1) is 10.2 Å². The second kappa shape index (κ2) is 6.92. The van der Waals surface area contributed by atoms with E-state index in [1.807, 2.05) is 6.07 Å². The molecule has 160 valence electrons. The topological polar surface area (TPSA) is 62.3 Å². The Morgan fingerprint density at radius 2 is 2.10 bits per heavy atom. The van der Waals surface area contributed by atoms with Crippen LogP contribution in [0.2, 0.25) is 5.15 Å². The number of benzene rings is 1. The van der Waals surface area contributed by atoms with E-state index in [-0.39, 0.29) is 29.8 Å². The van der Waals surface area contributed by atoms with Crippen LogP contribution in [-0.4, -0.2) is 47.9 Å². The Labute approximate surface area is 179 Å². The predicted molar refractivity (Wildman–Crippen MR) is 112 cm³/mol. The van der Waals surface area contributed by atoms with Gasteiger partial charge in [0, 0.05) is 24.6 Å². The summed E-state index contributed by atoms with van der Waals surface area (Å²) in [5.74, 6) is 1.19. The molecule has 0 radical (unpaired) electrons. The van der Waals surface area contributed by atoms with E-state index in [2.05, 4.69) is 46.8 Å². The summed E-state index contributed by atoms with van der Waals surface area (Å²) < 4.78 is 34.8. The Morgan fingerprint density at radius 3 is 2.90 bits per heavy atom. The maximum atomic E-state index is 14.3. The van der Waals surface area contributed by atoms with Gasteiger partial charge in [0.2, 0.25) is 0 Å². The van der Waals surface area contributed by atoms with E-state index in [1.165, 1.54) is 11.1 Å². The minimum Gasteiger partial charge on any atom is -0.488 e. The van der Waals surface area contributed by atoms with E-state index in [9.17, 15) is 8.78 Å². The highest BCUT2D eigenvalue weighted by molar-refractivity contribution is 6.29. The van der Waals surface area contributed by atoms with E-state index in [1.54, 1.807) is 11.0 Å². The third-order valence-corrected chi connectivity index (χ3v) is 6.71. The van der Waals surface area contributed by atoms with Crippen LogP contribution in [-0.2, 0) is 12.0 Å². The first kappa shape index (κ1) is 19.8. The second-order valence-corrected chi connectivity index (χ2v) is 9.22. The van der Waals surface area contributed by atoms with Crippen molar-refractivity contribution >= 4 is 23.1 Å². The van der Waals surface area contributed by atoms with Gasteiger partial charge in [-0.3, -0.25) is 0 Å². The monoisotopic (exact) mass is 435 g/mol. The summed E-state index contributed by atoms with van der Waals surface area (Å²) in [5, 5.41) is 14.5. The summed E-state index contributed by atoms with van der Waals surface area (Å²) in [7, 11) is 0. The molecule has 2 aromatic rings. The van der Waals surface area contributed by atoms with E-state index in [4.69, 9.17) is 16.3 Å². The van der Waals surface area contributed by atoms with E-state index in [0.717, 1.165) is 18.7 Å². The zero-order chi connectivity index (χ0) is 21.1. The largest absolute Gasteiger partial charge is 0.488 e. The molecule has 3 aliphatic rings. The lowest BCUT2D eigenvalue weighted by atomic mass is 9.85. The van der Waals surface area contributed by atoms with Gasteiger partial charge in [-0.2, -0.15) is 0 Å². The molecule has 2 atom stereocenters. The number of alkyl halides is 2. The van der Waals surface area contributed by atoms with Crippen LogP contribution >= 0.6 is 11.6 Å². The summed E-state index contributed by atoms with van der Waals surface area (Å²) in [6.07, 6.45) is -1.79. The maximum absolute atomic E-state index is 14.3. The molecule has 1 aromatic heterocycles. The molecule has 0 spiro atoms. The minimum absolute atomic E-state index is 0.0812. The quantitative estimate of drug-likeness (QED) is 0.768. The van der Waals surface area contributed by atoms with Crippen LogP contribution in [0.25, 0.3) is 0 Å². The maximum Gasteiger partial charge on any atom is 0.263 e. The van der Waals surface area contributed by atoms with E-state index < -0.39 is 12.0 Å². The van der Waals surface area contributed by atoms with Crippen LogP contribution in [0.1, 0.15) is 31.4 Å². The van der Waals surface area contributed by atoms with Gasteiger partial charge in [-0.05, 0) is 50.1 Å². The number of fused-ring (bicyclic) bond motifs is 4. The molecule has 9 heteroatoms. The normalized spacial score (nSPS) is 26.6. The van der Waals surface area contributed by atoms with Crippen molar-refractivity contribution in [1.82, 2.24) is 15.5 Å². The van der Waals surface area contributed by atoms with Crippen molar-refractivity contribution in [2.75, 3.05) is 29.9 Å². The summed E-state index contributed by atoms with van der Waals surface area (Å²) >= 11 is 6.00. The summed E-state index contributed by atoms with van der Waals surface area (Å²) in [6.45, 7) is 5.64. The molecule has 5 rings (SSSR count). The Hall–Kier alpha value is -2.19. The van der Waals surface area contributed by atoms with Crippen LogP contribution in [0.4, 0.5) is 20.3 Å². The van der Waals surface area contributed by atoms with E-state index >= 15 is 0 Å². The predicted octanol–water partition coefficient (Wildman–Crippen LogP) is 3.60. The van der Waals surface area contributed by atoms with Gasteiger partial charge in [0.15, 0.2) is 11.0 Å². The molecule has 0 aliphatic carbocycles. The molecule has 30 heavy (non-hydrogen) atoms. The van der Waals surface area contributed by atoms with Crippen LogP contribution < -0.4 is 20.3 Å². The fraction of sp³-hybridized carbons (Fsp3) is 0.524. The first-order valence-corrected chi connectivity index (χ1v) is 10.5. The zero-order valence-corrected chi connectivity index (χ0v) is 17.6. The van der Waals surface area contributed by atoms with Gasteiger partial charge in [0.25, 0.3) is 6.43 Å².